The Hall–Kier alpha value is -3.13. The number of carbonyl (C=O) groups excluding carboxylic acids is 1. The minimum absolute atomic E-state index is 0.212. The number of aryl methyl sites for hydroxylation is 1. The normalized spacial score (nSPS) is 15.7. The first-order valence-electron chi connectivity index (χ1n) is 13.1. The summed E-state index contributed by atoms with van der Waals surface area (Å²) in [5.41, 5.74) is -0.869. The fraction of sp³-hybridized carbons (Fsp3) is 0.483. The number of carboxylic acid groups (broad SMARTS) is 1. The molecule has 1 saturated carbocycles. The summed E-state index contributed by atoms with van der Waals surface area (Å²) in [6.45, 7) is 3.46. The van der Waals surface area contributed by atoms with Gasteiger partial charge in [-0.2, -0.15) is 0 Å². The number of hydrogen-bond acceptors (Lipinski definition) is 6. The first kappa shape index (κ1) is 28.4. The van der Waals surface area contributed by atoms with E-state index in [4.69, 9.17) is 9.52 Å². The van der Waals surface area contributed by atoms with E-state index in [-0.39, 0.29) is 17.2 Å². The molecule has 1 fully saturated rings. The summed E-state index contributed by atoms with van der Waals surface area (Å²) in [4.78, 5) is 38.3. The van der Waals surface area contributed by atoms with Gasteiger partial charge in [-0.15, -0.1) is 11.3 Å². The number of carbonyl (C=O) groups is 2. The molecule has 0 aliphatic heterocycles. The number of rotatable bonds is 12. The molecule has 8 heteroatoms. The molecule has 2 aromatic rings. The predicted molar refractivity (Wildman–Crippen MR) is 146 cm³/mol. The monoisotopic (exact) mass is 527 g/mol. The number of aromatic hydroxyl groups is 1. The predicted octanol–water partition coefficient (Wildman–Crippen LogP) is 7.26. The quantitative estimate of drug-likeness (QED) is 0.197. The molecule has 7 nitrogen and oxygen atoms in total. The molecule has 0 spiro atoms. The lowest BCUT2D eigenvalue weighted by Gasteiger charge is -2.21. The van der Waals surface area contributed by atoms with Crippen molar-refractivity contribution in [1.29, 1.82) is 0 Å². The number of thiophene rings is 1. The van der Waals surface area contributed by atoms with Gasteiger partial charge in [0.15, 0.2) is 5.78 Å². The molecule has 0 aromatic carbocycles. The van der Waals surface area contributed by atoms with Crippen molar-refractivity contribution in [1.82, 2.24) is 5.32 Å². The van der Waals surface area contributed by atoms with Crippen LogP contribution in [-0.2, 0) is 6.42 Å². The van der Waals surface area contributed by atoms with Crippen LogP contribution in [0.5, 0.6) is 5.75 Å². The molecule has 1 aliphatic rings. The van der Waals surface area contributed by atoms with Crippen molar-refractivity contribution >= 4 is 29.3 Å². The molecule has 0 bridgehead atoms. The second kappa shape index (κ2) is 14.0. The maximum absolute atomic E-state index is 13.0. The van der Waals surface area contributed by atoms with Gasteiger partial charge < -0.3 is 14.6 Å². The lowest BCUT2D eigenvalue weighted by atomic mass is 9.86. The highest BCUT2D eigenvalue weighted by atomic mass is 32.1. The summed E-state index contributed by atoms with van der Waals surface area (Å²) in [6.07, 6.45) is 15.0. The van der Waals surface area contributed by atoms with Gasteiger partial charge in [-0.3, -0.25) is 10.1 Å². The molecule has 0 radical (unpaired) electrons. The highest BCUT2D eigenvalue weighted by Crippen LogP contribution is 2.30. The van der Waals surface area contributed by atoms with Gasteiger partial charge in [0.1, 0.15) is 17.1 Å². The van der Waals surface area contributed by atoms with Gasteiger partial charge in [0.25, 0.3) is 0 Å². The van der Waals surface area contributed by atoms with Gasteiger partial charge in [0.2, 0.25) is 0 Å². The summed E-state index contributed by atoms with van der Waals surface area (Å²) < 4.78 is 5.37. The van der Waals surface area contributed by atoms with Gasteiger partial charge in [0, 0.05) is 27.9 Å². The third-order valence-electron chi connectivity index (χ3n) is 6.91. The van der Waals surface area contributed by atoms with Crippen LogP contribution in [0, 0.1) is 5.92 Å². The van der Waals surface area contributed by atoms with E-state index in [2.05, 4.69) is 11.4 Å². The largest absolute Gasteiger partial charge is 0.507 e. The first-order valence-corrected chi connectivity index (χ1v) is 13.9. The molecule has 200 valence electrons. The fourth-order valence-corrected chi connectivity index (χ4v) is 5.83. The molecular formula is C29H37NO6S. The maximum Gasteiger partial charge on any atom is 0.408 e. The lowest BCUT2D eigenvalue weighted by molar-refractivity contribution is 0.102. The lowest BCUT2D eigenvalue weighted by Crippen LogP contribution is -2.16. The molecule has 1 unspecified atom stereocenters. The third-order valence-corrected chi connectivity index (χ3v) is 8.01. The number of Topliss-reactive ketones (excluding diaryl/α,β-unsaturated/α-hetero) is 1. The van der Waals surface area contributed by atoms with Gasteiger partial charge >= 0.3 is 11.7 Å². The Morgan fingerprint density at radius 2 is 2.00 bits per heavy atom. The molecular weight excluding hydrogens is 490 g/mol. The van der Waals surface area contributed by atoms with Crippen molar-refractivity contribution in [3.8, 4) is 5.75 Å². The standard InChI is InChI=1S/C29H37NO6S/c1-19(9-6-7-16-30-29(34)35)25-18-24(31)26(28(33)36-25)27(32)20(2)17-23-15-14-22(37-23)13-8-12-21-10-4-3-5-11-21/h7,14-19,21,30-31H,3-6,8-13H2,1-2H3,(H,34,35)/b16-7+,20-17+. The van der Waals surface area contributed by atoms with Crippen LogP contribution in [0.1, 0.15) is 103 Å². The smallest absolute Gasteiger partial charge is 0.408 e. The van der Waals surface area contributed by atoms with Crippen LogP contribution in [0.15, 0.2) is 45.3 Å². The number of allylic oxidation sites excluding steroid dienone is 2. The van der Waals surface area contributed by atoms with Gasteiger partial charge in [-0.1, -0.05) is 51.5 Å². The Bertz CT molecular complexity index is 1190. The number of amides is 1. The number of nitrogens with one attached hydrogen (secondary N) is 1. The minimum Gasteiger partial charge on any atom is -0.507 e. The molecule has 1 atom stereocenters. The highest BCUT2D eigenvalue weighted by molar-refractivity contribution is 7.12. The molecule has 1 aliphatic carbocycles. The van der Waals surface area contributed by atoms with Gasteiger partial charge in [-0.25, -0.2) is 9.59 Å². The molecule has 0 saturated heterocycles. The summed E-state index contributed by atoms with van der Waals surface area (Å²) in [5, 5.41) is 21.2. The van der Waals surface area contributed by atoms with Crippen molar-refractivity contribution in [2.45, 2.75) is 84.0 Å². The zero-order valence-corrected chi connectivity index (χ0v) is 22.4. The zero-order chi connectivity index (χ0) is 26.8. The molecule has 3 rings (SSSR count). The van der Waals surface area contributed by atoms with Crippen molar-refractivity contribution < 1.29 is 24.2 Å². The van der Waals surface area contributed by atoms with Crippen LogP contribution in [0.4, 0.5) is 4.79 Å². The summed E-state index contributed by atoms with van der Waals surface area (Å²) in [7, 11) is 0. The maximum atomic E-state index is 13.0. The van der Waals surface area contributed by atoms with E-state index < -0.39 is 23.3 Å². The zero-order valence-electron chi connectivity index (χ0n) is 21.6. The van der Waals surface area contributed by atoms with Crippen molar-refractivity contribution in [2.24, 2.45) is 5.92 Å². The second-order valence-electron chi connectivity index (χ2n) is 9.88. The average molecular weight is 528 g/mol. The topological polar surface area (TPSA) is 117 Å². The van der Waals surface area contributed by atoms with E-state index in [9.17, 15) is 19.5 Å². The Labute approximate surface area is 221 Å². The van der Waals surface area contributed by atoms with E-state index in [1.54, 1.807) is 30.4 Å². The van der Waals surface area contributed by atoms with Crippen molar-refractivity contribution in [3.05, 3.63) is 67.5 Å². The molecule has 3 N–H and O–H groups in total. The summed E-state index contributed by atoms with van der Waals surface area (Å²) >= 11 is 1.65. The van der Waals surface area contributed by atoms with E-state index in [0.29, 0.717) is 18.4 Å². The molecule has 1 amide bonds. The second-order valence-corrected chi connectivity index (χ2v) is 11.1. The van der Waals surface area contributed by atoms with Crippen LogP contribution in [0.3, 0.4) is 0 Å². The van der Waals surface area contributed by atoms with Crippen LogP contribution >= 0.6 is 11.3 Å². The molecule has 2 heterocycles. The Kier molecular flexibility index (Phi) is 10.7. The summed E-state index contributed by atoms with van der Waals surface area (Å²) in [5.74, 6) is -0.0125. The summed E-state index contributed by atoms with van der Waals surface area (Å²) in [6, 6.07) is 5.41. The molecule has 2 aromatic heterocycles. The SMILES string of the molecule is C/C(=C\c1ccc(CCCC2CCCCC2)s1)C(=O)c1c(O)cc(C(C)CC/C=C/NC(=O)O)oc1=O. The molecule has 37 heavy (non-hydrogen) atoms. The highest BCUT2D eigenvalue weighted by Gasteiger charge is 2.22. The number of hydrogen-bond donors (Lipinski definition) is 3. The van der Waals surface area contributed by atoms with Gasteiger partial charge in [-0.05, 0) is 62.3 Å². The van der Waals surface area contributed by atoms with E-state index in [1.165, 1.54) is 62.1 Å². The fourth-order valence-electron chi connectivity index (χ4n) is 4.78. The van der Waals surface area contributed by atoms with Crippen LogP contribution in [-0.4, -0.2) is 22.1 Å². The van der Waals surface area contributed by atoms with E-state index in [1.807, 2.05) is 13.0 Å². The van der Waals surface area contributed by atoms with Crippen LogP contribution in [0.2, 0.25) is 0 Å². The first-order chi connectivity index (χ1) is 17.7. The third kappa shape index (κ3) is 8.74. The average Bonchev–Trinajstić information content (AvgIpc) is 3.30. The van der Waals surface area contributed by atoms with Gasteiger partial charge in [0.05, 0.1) is 0 Å². The van der Waals surface area contributed by atoms with Crippen molar-refractivity contribution in [2.75, 3.05) is 0 Å². The van der Waals surface area contributed by atoms with Crippen LogP contribution < -0.4 is 10.9 Å². The van der Waals surface area contributed by atoms with E-state index in [0.717, 1.165) is 17.2 Å². The Morgan fingerprint density at radius 1 is 1.24 bits per heavy atom. The van der Waals surface area contributed by atoms with Crippen molar-refractivity contribution in [3.63, 3.8) is 0 Å². The van der Waals surface area contributed by atoms with E-state index >= 15 is 0 Å². The number of ketones is 1. The van der Waals surface area contributed by atoms with Crippen LogP contribution in [0.25, 0.3) is 6.08 Å². The Balaban J connectivity index is 1.59. The Morgan fingerprint density at radius 3 is 2.70 bits per heavy atom. The minimum atomic E-state index is -1.14.